The van der Waals surface area contributed by atoms with Crippen LogP contribution < -0.4 is 25.6 Å². The second kappa shape index (κ2) is 13.0. The van der Waals surface area contributed by atoms with E-state index < -0.39 is 29.5 Å². The Kier molecular flexibility index (Phi) is 9.02. The molecule has 4 rings (SSSR count). The van der Waals surface area contributed by atoms with Gasteiger partial charge in [0.15, 0.2) is 0 Å². The zero-order chi connectivity index (χ0) is 27.6. The molecule has 10 heteroatoms. The van der Waals surface area contributed by atoms with Crippen LogP contribution in [0.4, 0.5) is 39.8 Å². The lowest BCUT2D eigenvalue weighted by molar-refractivity contribution is 0.252. The van der Waals surface area contributed by atoms with Crippen molar-refractivity contribution in [3.05, 3.63) is 115 Å². The predicted molar refractivity (Wildman–Crippen MR) is 144 cm³/mol. The van der Waals surface area contributed by atoms with Gasteiger partial charge in [-0.1, -0.05) is 30.3 Å². The van der Waals surface area contributed by atoms with Gasteiger partial charge in [-0.25, -0.2) is 22.8 Å². The fraction of sp³-hybridized carbons (Fsp3) is 0.103. The van der Waals surface area contributed by atoms with E-state index in [1.54, 1.807) is 30.3 Å². The summed E-state index contributed by atoms with van der Waals surface area (Å²) in [6.45, 7) is 0.289. The van der Waals surface area contributed by atoms with Gasteiger partial charge >= 0.3 is 12.1 Å². The van der Waals surface area contributed by atoms with Crippen LogP contribution in [0.25, 0.3) is 0 Å². The van der Waals surface area contributed by atoms with E-state index in [2.05, 4.69) is 16.0 Å². The predicted octanol–water partition coefficient (Wildman–Crippen LogP) is 7.15. The summed E-state index contributed by atoms with van der Waals surface area (Å²) in [5.41, 5.74) is 0.370. The Morgan fingerprint density at radius 3 is 2.10 bits per heavy atom. The first-order valence-corrected chi connectivity index (χ1v) is 12.0. The van der Waals surface area contributed by atoms with E-state index in [4.69, 9.17) is 4.74 Å². The van der Waals surface area contributed by atoms with Crippen LogP contribution >= 0.6 is 0 Å². The Labute approximate surface area is 223 Å². The number of amides is 4. The molecule has 0 atom stereocenters. The molecular formula is C29H25F3N4O3. The van der Waals surface area contributed by atoms with Crippen molar-refractivity contribution >= 4 is 29.1 Å². The van der Waals surface area contributed by atoms with Gasteiger partial charge in [-0.2, -0.15) is 0 Å². The van der Waals surface area contributed by atoms with E-state index in [-0.39, 0.29) is 24.5 Å². The molecule has 0 bridgehead atoms. The molecule has 0 aromatic heterocycles. The molecule has 3 N–H and O–H groups in total. The second-order valence-corrected chi connectivity index (χ2v) is 8.33. The van der Waals surface area contributed by atoms with Crippen molar-refractivity contribution < 1.29 is 27.5 Å². The van der Waals surface area contributed by atoms with E-state index in [1.165, 1.54) is 23.1 Å². The minimum absolute atomic E-state index is 0.0235. The highest BCUT2D eigenvalue weighted by Crippen LogP contribution is 2.25. The fourth-order valence-corrected chi connectivity index (χ4v) is 3.61. The van der Waals surface area contributed by atoms with Gasteiger partial charge in [0.2, 0.25) is 0 Å². The van der Waals surface area contributed by atoms with Gasteiger partial charge in [0.25, 0.3) is 0 Å². The molecule has 0 fully saturated rings. The quantitative estimate of drug-likeness (QED) is 0.200. The maximum absolute atomic E-state index is 14.1. The first-order valence-electron chi connectivity index (χ1n) is 12.0. The summed E-state index contributed by atoms with van der Waals surface area (Å²) in [5.74, 6) is -1.02. The smallest absolute Gasteiger partial charge is 0.326 e. The molecule has 0 radical (unpaired) electrons. The van der Waals surface area contributed by atoms with E-state index >= 15 is 0 Å². The summed E-state index contributed by atoms with van der Waals surface area (Å²) in [5, 5.41) is 7.44. The van der Waals surface area contributed by atoms with Crippen LogP contribution in [0.5, 0.6) is 11.5 Å². The number of hydrogen-bond donors (Lipinski definition) is 3. The minimum atomic E-state index is -0.902. The molecule has 200 valence electrons. The van der Waals surface area contributed by atoms with Gasteiger partial charge in [0.1, 0.15) is 29.0 Å². The standard InChI is InChI=1S/C29H25F3N4O3/c30-20-11-16-27(25(32)19-20)34-28(37)33-17-6-18-36(29(38)35-26-10-5-4-9-24(26)31)21-12-14-23(15-13-21)39-22-7-2-1-3-8-22/h1-5,7-16,19H,6,17-18H2,(H,35,38)(H2,33,34,37). The summed E-state index contributed by atoms with van der Waals surface area (Å²) in [6.07, 6.45) is 0.312. The summed E-state index contributed by atoms with van der Waals surface area (Å²) in [7, 11) is 0. The Morgan fingerprint density at radius 1 is 0.718 bits per heavy atom. The number of anilines is 3. The number of urea groups is 2. The van der Waals surface area contributed by atoms with Crippen LogP contribution in [-0.2, 0) is 0 Å². The Hall–Kier alpha value is -4.99. The molecule has 0 aliphatic rings. The SMILES string of the molecule is O=C(NCCCN(C(=O)Nc1ccccc1F)c1ccc(Oc2ccccc2)cc1)Nc1ccc(F)cc1F. The van der Waals surface area contributed by atoms with Crippen LogP contribution in [0, 0.1) is 17.5 Å². The lowest BCUT2D eigenvalue weighted by atomic mass is 10.2. The van der Waals surface area contributed by atoms with Gasteiger partial charge in [0.05, 0.1) is 11.4 Å². The molecule has 4 amide bonds. The first kappa shape index (κ1) is 27.1. The number of carbonyl (C=O) groups excluding carboxylic acids is 2. The monoisotopic (exact) mass is 534 g/mol. The molecule has 0 heterocycles. The van der Waals surface area contributed by atoms with E-state index in [0.29, 0.717) is 29.7 Å². The Morgan fingerprint density at radius 2 is 1.38 bits per heavy atom. The summed E-state index contributed by atoms with van der Waals surface area (Å²) in [6, 6.07) is 23.3. The topological polar surface area (TPSA) is 82.7 Å². The number of nitrogens with zero attached hydrogens (tertiary/aromatic N) is 1. The third kappa shape index (κ3) is 7.75. The molecule has 39 heavy (non-hydrogen) atoms. The largest absolute Gasteiger partial charge is 0.457 e. The number of para-hydroxylation sites is 2. The van der Waals surface area contributed by atoms with Gasteiger partial charge in [-0.3, -0.25) is 4.90 Å². The lowest BCUT2D eigenvalue weighted by Gasteiger charge is -2.24. The third-order valence-electron chi connectivity index (χ3n) is 5.51. The first-order chi connectivity index (χ1) is 18.9. The molecule has 0 unspecified atom stereocenters. The van der Waals surface area contributed by atoms with Gasteiger partial charge in [-0.05, 0) is 67.1 Å². The summed E-state index contributed by atoms with van der Waals surface area (Å²) < 4.78 is 46.8. The molecule has 0 spiro atoms. The van der Waals surface area contributed by atoms with E-state index in [1.807, 2.05) is 30.3 Å². The normalized spacial score (nSPS) is 10.4. The van der Waals surface area contributed by atoms with Crippen LogP contribution in [0.3, 0.4) is 0 Å². The van der Waals surface area contributed by atoms with Crippen molar-refractivity contribution in [1.29, 1.82) is 0 Å². The van der Waals surface area contributed by atoms with Gasteiger partial charge in [-0.15, -0.1) is 0 Å². The third-order valence-corrected chi connectivity index (χ3v) is 5.51. The molecular weight excluding hydrogens is 509 g/mol. The highest BCUT2D eigenvalue weighted by Gasteiger charge is 2.18. The lowest BCUT2D eigenvalue weighted by Crippen LogP contribution is -2.38. The molecule has 0 aliphatic heterocycles. The minimum Gasteiger partial charge on any atom is -0.457 e. The van der Waals surface area contributed by atoms with Crippen molar-refractivity contribution in [1.82, 2.24) is 5.32 Å². The average molecular weight is 535 g/mol. The number of rotatable bonds is 9. The maximum Gasteiger partial charge on any atom is 0.326 e. The zero-order valence-corrected chi connectivity index (χ0v) is 20.7. The molecule has 0 aliphatic carbocycles. The number of halogens is 3. The summed E-state index contributed by atoms with van der Waals surface area (Å²) >= 11 is 0. The Bertz CT molecular complexity index is 1420. The molecule has 7 nitrogen and oxygen atoms in total. The number of hydrogen-bond acceptors (Lipinski definition) is 3. The molecule has 0 saturated heterocycles. The number of nitrogens with one attached hydrogen (secondary N) is 3. The van der Waals surface area contributed by atoms with E-state index in [0.717, 1.165) is 12.1 Å². The number of ether oxygens (including phenoxy) is 1. The van der Waals surface area contributed by atoms with Crippen molar-refractivity contribution in [3.63, 3.8) is 0 Å². The van der Waals surface area contributed by atoms with Crippen molar-refractivity contribution in [2.24, 2.45) is 0 Å². The number of carbonyl (C=O) groups is 2. The van der Waals surface area contributed by atoms with Gasteiger partial charge < -0.3 is 20.7 Å². The summed E-state index contributed by atoms with van der Waals surface area (Å²) in [4.78, 5) is 26.7. The second-order valence-electron chi connectivity index (χ2n) is 8.33. The maximum atomic E-state index is 14.1. The molecule has 4 aromatic carbocycles. The highest BCUT2D eigenvalue weighted by atomic mass is 19.1. The van der Waals surface area contributed by atoms with Crippen LogP contribution in [0.15, 0.2) is 97.1 Å². The Balaban J connectivity index is 1.40. The highest BCUT2D eigenvalue weighted by molar-refractivity contribution is 6.01. The fourth-order valence-electron chi connectivity index (χ4n) is 3.61. The molecule has 0 saturated carbocycles. The average Bonchev–Trinajstić information content (AvgIpc) is 2.93. The zero-order valence-electron chi connectivity index (χ0n) is 20.7. The van der Waals surface area contributed by atoms with Crippen molar-refractivity contribution in [3.8, 4) is 11.5 Å². The number of benzene rings is 4. The van der Waals surface area contributed by atoms with Crippen molar-refractivity contribution in [2.75, 3.05) is 28.6 Å². The van der Waals surface area contributed by atoms with E-state index in [9.17, 15) is 22.8 Å². The van der Waals surface area contributed by atoms with Gasteiger partial charge in [0, 0.05) is 24.8 Å². The van der Waals surface area contributed by atoms with Crippen LogP contribution in [0.2, 0.25) is 0 Å². The van der Waals surface area contributed by atoms with Crippen molar-refractivity contribution in [2.45, 2.75) is 6.42 Å². The molecule has 4 aromatic rings. The van der Waals surface area contributed by atoms with Crippen LogP contribution in [0.1, 0.15) is 6.42 Å². The van der Waals surface area contributed by atoms with Crippen LogP contribution in [-0.4, -0.2) is 25.2 Å².